The molecule has 2 aliphatic rings. The van der Waals surface area contributed by atoms with Crippen molar-refractivity contribution in [3.8, 4) is 0 Å². The summed E-state index contributed by atoms with van der Waals surface area (Å²) < 4.78 is 40.2. The maximum absolute atomic E-state index is 13.4. The molecule has 1 aromatic rings. The Bertz CT molecular complexity index is 653. The number of benzene rings is 1. The van der Waals surface area contributed by atoms with E-state index in [1.807, 2.05) is 0 Å². The van der Waals surface area contributed by atoms with E-state index >= 15 is 0 Å². The molecule has 0 amide bonds. The number of hydrogen-bond acceptors (Lipinski definition) is 4. The van der Waals surface area contributed by atoms with Crippen LogP contribution in [0.5, 0.6) is 0 Å². The Morgan fingerprint density at radius 1 is 1.22 bits per heavy atom. The van der Waals surface area contributed by atoms with Crippen molar-refractivity contribution in [2.24, 2.45) is 0 Å². The minimum atomic E-state index is -3.74. The van der Waals surface area contributed by atoms with Crippen LogP contribution in [0.25, 0.3) is 0 Å². The first-order valence-corrected chi connectivity index (χ1v) is 9.20. The van der Waals surface area contributed by atoms with E-state index < -0.39 is 15.8 Å². The third-order valence-electron chi connectivity index (χ3n) is 4.31. The Labute approximate surface area is 147 Å². The van der Waals surface area contributed by atoms with Crippen LogP contribution < -0.4 is 5.32 Å². The lowest BCUT2D eigenvalue weighted by molar-refractivity contribution is 0.179. The van der Waals surface area contributed by atoms with Crippen LogP contribution in [0.2, 0.25) is 5.02 Å². The summed E-state index contributed by atoms with van der Waals surface area (Å²) in [5.41, 5.74) is 0. The van der Waals surface area contributed by atoms with Gasteiger partial charge >= 0.3 is 0 Å². The second-order valence-electron chi connectivity index (χ2n) is 5.67. The zero-order valence-electron chi connectivity index (χ0n) is 12.5. The summed E-state index contributed by atoms with van der Waals surface area (Å²) in [7, 11) is -3.74. The second kappa shape index (κ2) is 7.63. The number of halogens is 3. The Morgan fingerprint density at radius 3 is 2.61 bits per heavy atom. The van der Waals surface area contributed by atoms with Crippen LogP contribution in [0.4, 0.5) is 4.39 Å². The third-order valence-corrected chi connectivity index (χ3v) is 6.65. The summed E-state index contributed by atoms with van der Waals surface area (Å²) in [4.78, 5) is 2.18. The van der Waals surface area contributed by atoms with Crippen molar-refractivity contribution in [3.63, 3.8) is 0 Å². The van der Waals surface area contributed by atoms with Gasteiger partial charge in [0.05, 0.1) is 5.02 Å². The zero-order chi connectivity index (χ0) is 15.7. The summed E-state index contributed by atoms with van der Waals surface area (Å²) in [6, 6.07) is 3.67. The lowest BCUT2D eigenvalue weighted by Crippen LogP contribution is -2.49. The topological polar surface area (TPSA) is 52.7 Å². The van der Waals surface area contributed by atoms with Crippen LogP contribution in [-0.4, -0.2) is 62.9 Å². The van der Waals surface area contributed by atoms with Gasteiger partial charge in [0.2, 0.25) is 10.0 Å². The third kappa shape index (κ3) is 3.97. The molecule has 2 heterocycles. The molecule has 2 aliphatic heterocycles. The van der Waals surface area contributed by atoms with E-state index in [9.17, 15) is 12.8 Å². The standard InChI is InChI=1S/C14H19ClFN3O2S.ClH/c15-13-2-1-11(16)9-14(13)22(20,21)19-6-3-12(10-19)18-7-4-17-5-8-18;/h1-2,9,12,17H,3-8,10H2;1H. The minimum absolute atomic E-state index is 0. The van der Waals surface area contributed by atoms with Gasteiger partial charge in [-0.05, 0) is 24.6 Å². The van der Waals surface area contributed by atoms with Crippen LogP contribution >= 0.6 is 24.0 Å². The van der Waals surface area contributed by atoms with Gasteiger partial charge in [-0.15, -0.1) is 12.4 Å². The summed E-state index contributed by atoms with van der Waals surface area (Å²) in [5, 5.41) is 3.35. The van der Waals surface area contributed by atoms with Gasteiger partial charge in [-0.1, -0.05) is 11.6 Å². The largest absolute Gasteiger partial charge is 0.314 e. The summed E-state index contributed by atoms with van der Waals surface area (Å²) in [6.45, 7) is 4.61. The van der Waals surface area contributed by atoms with Crippen molar-refractivity contribution in [3.05, 3.63) is 29.0 Å². The molecule has 5 nitrogen and oxygen atoms in total. The van der Waals surface area contributed by atoms with Crippen molar-refractivity contribution in [2.75, 3.05) is 39.3 Å². The molecule has 9 heteroatoms. The van der Waals surface area contributed by atoms with Gasteiger partial charge in [0.25, 0.3) is 0 Å². The summed E-state index contributed by atoms with van der Waals surface area (Å²) in [6.07, 6.45) is 0.798. The highest BCUT2D eigenvalue weighted by Crippen LogP contribution is 2.29. The molecule has 1 aromatic carbocycles. The first kappa shape index (κ1) is 18.9. The molecule has 0 saturated carbocycles. The number of rotatable bonds is 3. The van der Waals surface area contributed by atoms with E-state index in [4.69, 9.17) is 11.6 Å². The smallest absolute Gasteiger partial charge is 0.244 e. The molecule has 130 valence electrons. The predicted molar refractivity (Wildman–Crippen MR) is 90.3 cm³/mol. The molecule has 23 heavy (non-hydrogen) atoms. The molecule has 0 aliphatic carbocycles. The minimum Gasteiger partial charge on any atom is -0.314 e. The van der Waals surface area contributed by atoms with Gasteiger partial charge in [-0.2, -0.15) is 4.31 Å². The SMILES string of the molecule is Cl.O=S(=O)(c1cc(F)ccc1Cl)N1CCC(N2CCNCC2)C1. The van der Waals surface area contributed by atoms with Gasteiger partial charge in [-0.3, -0.25) is 4.90 Å². The van der Waals surface area contributed by atoms with Gasteiger partial charge in [0.1, 0.15) is 10.7 Å². The summed E-state index contributed by atoms with van der Waals surface area (Å²) in [5.74, 6) is -0.596. The average Bonchev–Trinajstić information content (AvgIpc) is 3.01. The molecule has 0 spiro atoms. The lowest BCUT2D eigenvalue weighted by Gasteiger charge is -2.32. The van der Waals surface area contributed by atoms with Crippen LogP contribution in [-0.2, 0) is 10.0 Å². The fraction of sp³-hybridized carbons (Fsp3) is 0.571. The highest BCUT2D eigenvalue weighted by atomic mass is 35.5. The van der Waals surface area contributed by atoms with Crippen LogP contribution in [0.1, 0.15) is 6.42 Å². The van der Waals surface area contributed by atoms with Crippen LogP contribution in [0.3, 0.4) is 0 Å². The van der Waals surface area contributed by atoms with Crippen molar-refractivity contribution >= 4 is 34.0 Å². The molecule has 2 saturated heterocycles. The van der Waals surface area contributed by atoms with E-state index in [0.717, 1.165) is 44.7 Å². The normalized spacial score (nSPS) is 23.7. The predicted octanol–water partition coefficient (Wildman–Crippen LogP) is 1.57. The Hall–Kier alpha value is -0.440. The van der Waals surface area contributed by atoms with E-state index in [-0.39, 0.29) is 28.4 Å². The molecule has 3 rings (SSSR count). The number of sulfonamides is 1. The highest BCUT2D eigenvalue weighted by molar-refractivity contribution is 7.89. The molecule has 1 unspecified atom stereocenters. The van der Waals surface area contributed by atoms with Crippen LogP contribution in [0.15, 0.2) is 23.1 Å². The summed E-state index contributed by atoms with van der Waals surface area (Å²) >= 11 is 5.95. The number of nitrogens with zero attached hydrogens (tertiary/aromatic N) is 2. The van der Waals surface area contributed by atoms with Crippen molar-refractivity contribution in [1.82, 2.24) is 14.5 Å². The molecule has 0 aromatic heterocycles. The van der Waals surface area contributed by atoms with Crippen molar-refractivity contribution in [2.45, 2.75) is 17.4 Å². The van der Waals surface area contributed by atoms with E-state index in [0.29, 0.717) is 13.1 Å². The first-order valence-electron chi connectivity index (χ1n) is 7.38. The van der Waals surface area contributed by atoms with Crippen molar-refractivity contribution in [1.29, 1.82) is 0 Å². The monoisotopic (exact) mass is 383 g/mol. The highest BCUT2D eigenvalue weighted by Gasteiger charge is 2.36. The zero-order valence-corrected chi connectivity index (χ0v) is 14.9. The fourth-order valence-corrected chi connectivity index (χ4v) is 5.07. The molecule has 2 fully saturated rings. The quantitative estimate of drug-likeness (QED) is 0.860. The Kier molecular flexibility index (Phi) is 6.27. The van der Waals surface area contributed by atoms with Gasteiger partial charge in [-0.25, -0.2) is 12.8 Å². The molecular weight excluding hydrogens is 364 g/mol. The molecule has 1 atom stereocenters. The van der Waals surface area contributed by atoms with E-state index in [1.54, 1.807) is 0 Å². The number of hydrogen-bond donors (Lipinski definition) is 1. The fourth-order valence-electron chi connectivity index (χ4n) is 3.09. The number of nitrogens with one attached hydrogen (secondary N) is 1. The van der Waals surface area contributed by atoms with Crippen LogP contribution in [0, 0.1) is 5.82 Å². The molecule has 1 N–H and O–H groups in total. The maximum Gasteiger partial charge on any atom is 0.244 e. The van der Waals surface area contributed by atoms with Gasteiger partial charge in [0, 0.05) is 45.3 Å². The Balaban J connectivity index is 0.00000192. The first-order chi connectivity index (χ1) is 10.5. The molecule has 0 bridgehead atoms. The van der Waals surface area contributed by atoms with Gasteiger partial charge in [0.15, 0.2) is 0 Å². The Morgan fingerprint density at radius 2 is 1.91 bits per heavy atom. The average molecular weight is 384 g/mol. The molecular formula is C14H20Cl2FN3O2S. The second-order valence-corrected chi connectivity index (χ2v) is 7.98. The van der Waals surface area contributed by atoms with E-state index in [2.05, 4.69) is 10.2 Å². The number of piperazine rings is 1. The van der Waals surface area contributed by atoms with Crippen molar-refractivity contribution < 1.29 is 12.8 Å². The maximum atomic E-state index is 13.4. The van der Waals surface area contributed by atoms with E-state index in [1.165, 1.54) is 10.4 Å². The lowest BCUT2D eigenvalue weighted by atomic mass is 10.2. The molecule has 0 radical (unpaired) electrons. The van der Waals surface area contributed by atoms with Gasteiger partial charge < -0.3 is 5.32 Å².